The summed E-state index contributed by atoms with van der Waals surface area (Å²) in [5, 5.41) is 3.90. The van der Waals surface area contributed by atoms with E-state index in [1.807, 2.05) is 0 Å². The van der Waals surface area contributed by atoms with Gasteiger partial charge in [-0.1, -0.05) is 23.2 Å². The van der Waals surface area contributed by atoms with Gasteiger partial charge >= 0.3 is 0 Å². The van der Waals surface area contributed by atoms with Crippen LogP contribution in [0.3, 0.4) is 0 Å². The summed E-state index contributed by atoms with van der Waals surface area (Å²) in [5.41, 5.74) is 0.631. The van der Waals surface area contributed by atoms with E-state index < -0.39 is 0 Å². The lowest BCUT2D eigenvalue weighted by molar-refractivity contribution is -0.120. The van der Waals surface area contributed by atoms with Crippen molar-refractivity contribution in [3.63, 3.8) is 0 Å². The fourth-order valence-electron chi connectivity index (χ4n) is 2.45. The zero-order chi connectivity index (χ0) is 14.5. The number of ether oxygens (including phenoxy) is 1. The molecule has 20 heavy (non-hydrogen) atoms. The smallest absolute Gasteiger partial charge is 0.241 e. The van der Waals surface area contributed by atoms with Crippen LogP contribution >= 0.6 is 23.2 Å². The zero-order valence-electron chi connectivity index (χ0n) is 11.4. The van der Waals surface area contributed by atoms with Gasteiger partial charge in [0.15, 0.2) is 0 Å². The summed E-state index contributed by atoms with van der Waals surface area (Å²) in [6.45, 7) is 2.33. The van der Waals surface area contributed by atoms with Crippen molar-refractivity contribution in [2.45, 2.75) is 18.9 Å². The molecule has 1 amide bonds. The van der Waals surface area contributed by atoms with Gasteiger partial charge < -0.3 is 10.1 Å². The van der Waals surface area contributed by atoms with Crippen LogP contribution in [0.4, 0.5) is 5.69 Å². The number of methoxy groups -OCH3 is 1. The molecule has 0 saturated carbocycles. The van der Waals surface area contributed by atoms with E-state index >= 15 is 0 Å². The Morgan fingerprint density at radius 1 is 1.40 bits per heavy atom. The quantitative estimate of drug-likeness (QED) is 0.907. The predicted molar refractivity (Wildman–Crippen MR) is 81.6 cm³/mol. The van der Waals surface area contributed by atoms with E-state index in [0.717, 1.165) is 25.9 Å². The highest BCUT2D eigenvalue weighted by atomic mass is 35.5. The lowest BCUT2D eigenvalue weighted by Gasteiger charge is -2.23. The second-order valence-electron chi connectivity index (χ2n) is 4.83. The molecule has 110 valence electrons. The molecule has 1 N–H and O–H groups in total. The molecule has 0 spiro atoms. The van der Waals surface area contributed by atoms with Crippen LogP contribution in [-0.2, 0) is 9.53 Å². The summed E-state index contributed by atoms with van der Waals surface area (Å²) in [5.74, 6) is -0.0167. The second kappa shape index (κ2) is 7.27. The van der Waals surface area contributed by atoms with Crippen molar-refractivity contribution in [2.75, 3.05) is 32.1 Å². The Hall–Kier alpha value is -0.810. The van der Waals surface area contributed by atoms with Gasteiger partial charge in [0.25, 0.3) is 0 Å². The number of benzene rings is 1. The second-order valence-corrected chi connectivity index (χ2v) is 5.71. The zero-order valence-corrected chi connectivity index (χ0v) is 12.9. The molecule has 1 fully saturated rings. The number of likely N-dealkylation sites (tertiary alicyclic amines) is 1. The number of hydrogen-bond acceptors (Lipinski definition) is 3. The molecule has 1 heterocycles. The lowest BCUT2D eigenvalue weighted by Crippen LogP contribution is -2.41. The maximum atomic E-state index is 12.3. The van der Waals surface area contributed by atoms with Gasteiger partial charge in [-0.3, -0.25) is 9.69 Å². The molecule has 4 nitrogen and oxygen atoms in total. The van der Waals surface area contributed by atoms with Crippen LogP contribution in [-0.4, -0.2) is 43.7 Å². The van der Waals surface area contributed by atoms with E-state index in [2.05, 4.69) is 10.2 Å². The van der Waals surface area contributed by atoms with E-state index in [9.17, 15) is 4.79 Å². The maximum absolute atomic E-state index is 12.3. The van der Waals surface area contributed by atoms with E-state index in [1.165, 1.54) is 0 Å². The predicted octanol–water partition coefficient (Wildman–Crippen LogP) is 3.04. The van der Waals surface area contributed by atoms with Crippen LogP contribution in [0.5, 0.6) is 0 Å². The number of halogens is 2. The highest BCUT2D eigenvalue weighted by molar-refractivity contribution is 6.35. The molecule has 1 saturated heterocycles. The third-order valence-electron chi connectivity index (χ3n) is 3.38. The Kier molecular flexibility index (Phi) is 5.66. The first kappa shape index (κ1) is 15.6. The molecule has 1 aliphatic heterocycles. The number of anilines is 1. The number of nitrogens with one attached hydrogen (secondary N) is 1. The fourth-order valence-corrected chi connectivity index (χ4v) is 2.98. The van der Waals surface area contributed by atoms with Crippen LogP contribution in [0.25, 0.3) is 0 Å². The maximum Gasteiger partial charge on any atom is 0.241 e. The Morgan fingerprint density at radius 2 is 2.10 bits per heavy atom. The SMILES string of the molecule is COCCN1CCCC1C(=O)Nc1cc(Cl)cc(Cl)c1. The van der Waals surface area contributed by atoms with Crippen molar-refractivity contribution in [3.05, 3.63) is 28.2 Å². The van der Waals surface area contributed by atoms with E-state index in [0.29, 0.717) is 22.3 Å². The minimum absolute atomic E-state index is 0.0167. The normalized spacial score (nSPS) is 19.2. The molecular weight excluding hydrogens is 299 g/mol. The highest BCUT2D eigenvalue weighted by Crippen LogP contribution is 2.24. The Labute approximate surface area is 129 Å². The van der Waals surface area contributed by atoms with Crippen molar-refractivity contribution < 1.29 is 9.53 Å². The van der Waals surface area contributed by atoms with Crippen molar-refractivity contribution in [1.29, 1.82) is 0 Å². The summed E-state index contributed by atoms with van der Waals surface area (Å²) in [4.78, 5) is 14.5. The summed E-state index contributed by atoms with van der Waals surface area (Å²) in [7, 11) is 1.67. The van der Waals surface area contributed by atoms with Crippen molar-refractivity contribution in [2.24, 2.45) is 0 Å². The van der Waals surface area contributed by atoms with Gasteiger partial charge in [-0.05, 0) is 37.6 Å². The average molecular weight is 317 g/mol. The van der Waals surface area contributed by atoms with Crippen molar-refractivity contribution in [1.82, 2.24) is 4.90 Å². The molecule has 0 bridgehead atoms. The van der Waals surface area contributed by atoms with Crippen molar-refractivity contribution >= 4 is 34.8 Å². The molecule has 0 aliphatic carbocycles. The van der Waals surface area contributed by atoms with E-state index in [-0.39, 0.29) is 11.9 Å². The summed E-state index contributed by atoms with van der Waals surface area (Å²) < 4.78 is 5.07. The van der Waals surface area contributed by atoms with Gasteiger partial charge in [-0.2, -0.15) is 0 Å². The number of hydrogen-bond donors (Lipinski definition) is 1. The van der Waals surface area contributed by atoms with Gasteiger partial charge in [0.2, 0.25) is 5.91 Å². The molecular formula is C14H18Cl2N2O2. The average Bonchev–Trinajstić information content (AvgIpc) is 2.83. The minimum Gasteiger partial charge on any atom is -0.383 e. The minimum atomic E-state index is -0.108. The van der Waals surface area contributed by atoms with E-state index in [4.69, 9.17) is 27.9 Å². The van der Waals surface area contributed by atoms with Crippen LogP contribution in [0, 0.1) is 0 Å². The Bertz CT molecular complexity index is 462. The molecule has 0 aromatic heterocycles. The van der Waals surface area contributed by atoms with Gasteiger partial charge in [0.1, 0.15) is 0 Å². The van der Waals surface area contributed by atoms with Crippen molar-refractivity contribution in [3.8, 4) is 0 Å². The van der Waals surface area contributed by atoms with E-state index in [1.54, 1.807) is 25.3 Å². The first-order valence-corrected chi connectivity index (χ1v) is 7.35. The lowest BCUT2D eigenvalue weighted by atomic mass is 10.2. The molecule has 1 atom stereocenters. The van der Waals surface area contributed by atoms with Crippen LogP contribution in [0.2, 0.25) is 10.0 Å². The molecule has 0 radical (unpaired) electrons. The first-order valence-electron chi connectivity index (χ1n) is 6.60. The summed E-state index contributed by atoms with van der Waals surface area (Å²) >= 11 is 11.9. The van der Waals surface area contributed by atoms with Gasteiger partial charge in [-0.25, -0.2) is 0 Å². The summed E-state index contributed by atoms with van der Waals surface area (Å²) in [6.07, 6.45) is 1.89. The molecule has 1 aromatic carbocycles. The third-order valence-corrected chi connectivity index (χ3v) is 3.82. The monoisotopic (exact) mass is 316 g/mol. The number of carbonyl (C=O) groups excluding carboxylic acids is 1. The molecule has 6 heteroatoms. The largest absolute Gasteiger partial charge is 0.383 e. The first-order chi connectivity index (χ1) is 9.60. The van der Waals surface area contributed by atoms with Gasteiger partial charge in [0.05, 0.1) is 12.6 Å². The van der Waals surface area contributed by atoms with Crippen LogP contribution in [0.1, 0.15) is 12.8 Å². The van der Waals surface area contributed by atoms with Crippen LogP contribution < -0.4 is 5.32 Å². The Morgan fingerprint density at radius 3 is 2.75 bits per heavy atom. The summed E-state index contributed by atoms with van der Waals surface area (Å²) in [6, 6.07) is 4.92. The van der Waals surface area contributed by atoms with Crippen LogP contribution in [0.15, 0.2) is 18.2 Å². The number of carbonyl (C=O) groups is 1. The molecule has 1 aliphatic rings. The third kappa shape index (κ3) is 4.09. The molecule has 1 unspecified atom stereocenters. The van der Waals surface area contributed by atoms with Gasteiger partial charge in [-0.15, -0.1) is 0 Å². The standard InChI is InChI=1S/C14H18Cl2N2O2/c1-20-6-5-18-4-2-3-13(18)14(19)17-12-8-10(15)7-11(16)9-12/h7-9,13H,2-6H2,1H3,(H,17,19). The number of rotatable bonds is 5. The number of nitrogens with zero attached hydrogens (tertiary/aromatic N) is 1. The topological polar surface area (TPSA) is 41.6 Å². The molecule has 1 aromatic rings. The number of amides is 1. The molecule has 2 rings (SSSR count). The highest BCUT2D eigenvalue weighted by Gasteiger charge is 2.30. The fraction of sp³-hybridized carbons (Fsp3) is 0.500. The van der Waals surface area contributed by atoms with Gasteiger partial charge in [0, 0.05) is 29.4 Å². The Balaban J connectivity index is 1.99.